The van der Waals surface area contributed by atoms with Gasteiger partial charge in [0.05, 0.1) is 11.3 Å². The summed E-state index contributed by atoms with van der Waals surface area (Å²) in [6.45, 7) is 10.7. The third kappa shape index (κ3) is 4.23. The fraction of sp³-hybridized carbons (Fsp3) is 0.455. The van der Waals surface area contributed by atoms with E-state index >= 15 is 0 Å². The van der Waals surface area contributed by atoms with Gasteiger partial charge in [0.1, 0.15) is 0 Å². The number of nitrogens with zero attached hydrogens (tertiary/aromatic N) is 4. The van der Waals surface area contributed by atoms with Crippen LogP contribution in [0.15, 0.2) is 18.3 Å². The van der Waals surface area contributed by atoms with Crippen molar-refractivity contribution >= 4 is 22.8 Å². The average molecular weight is 396 g/mol. The maximum absolute atomic E-state index is 12.7. The number of fused-ring (bicyclic) bond motifs is 1. The Bertz CT molecular complexity index is 1080. The Morgan fingerprint density at radius 1 is 1.17 bits per heavy atom. The normalized spacial score (nSPS) is 11.4. The van der Waals surface area contributed by atoms with Gasteiger partial charge in [-0.2, -0.15) is 5.10 Å². The molecule has 3 aromatic rings. The summed E-state index contributed by atoms with van der Waals surface area (Å²) in [6, 6.07) is 3.58. The van der Waals surface area contributed by atoms with Crippen LogP contribution in [0.25, 0.3) is 11.0 Å². The van der Waals surface area contributed by atoms with E-state index < -0.39 is 5.97 Å². The van der Waals surface area contributed by atoms with Gasteiger partial charge >= 0.3 is 5.97 Å². The Labute approximate surface area is 170 Å². The summed E-state index contributed by atoms with van der Waals surface area (Å²) in [5.41, 5.74) is 4.36. The molecule has 0 atom stereocenters. The monoisotopic (exact) mass is 396 g/mol. The summed E-state index contributed by atoms with van der Waals surface area (Å²) in [5.74, 6) is -0.177. The molecule has 0 radical (unpaired) electrons. The second-order valence-electron chi connectivity index (χ2n) is 7.92. The molecule has 154 valence electrons. The Kier molecular flexibility index (Phi) is 5.86. The van der Waals surface area contributed by atoms with Gasteiger partial charge in [-0.1, -0.05) is 13.8 Å². The topological polar surface area (TPSA) is 79.0 Å². The first-order valence-electron chi connectivity index (χ1n) is 9.85. The third-order valence-electron chi connectivity index (χ3n) is 5.24. The van der Waals surface area contributed by atoms with Gasteiger partial charge in [0.25, 0.3) is 0 Å². The van der Waals surface area contributed by atoms with Crippen LogP contribution in [-0.4, -0.2) is 37.7 Å². The maximum Gasteiger partial charge on any atom is 0.340 e. The molecule has 3 aromatic heterocycles. The van der Waals surface area contributed by atoms with Gasteiger partial charge in [-0.25, -0.2) is 9.78 Å². The average Bonchev–Trinajstić information content (AvgIpc) is 3.12. The van der Waals surface area contributed by atoms with Gasteiger partial charge in [-0.05, 0) is 45.2 Å². The Balaban J connectivity index is 1.70. The van der Waals surface area contributed by atoms with Crippen LogP contribution in [0.5, 0.6) is 0 Å². The molecule has 0 spiro atoms. The molecule has 0 saturated carbocycles. The van der Waals surface area contributed by atoms with Crippen LogP contribution in [0.4, 0.5) is 0 Å². The molecule has 0 aliphatic rings. The van der Waals surface area contributed by atoms with Crippen molar-refractivity contribution in [1.82, 2.24) is 19.3 Å². The highest BCUT2D eigenvalue weighted by molar-refractivity contribution is 6.01. The first-order valence-corrected chi connectivity index (χ1v) is 9.85. The quantitative estimate of drug-likeness (QED) is 0.449. The molecule has 0 N–H and O–H groups in total. The smallest absolute Gasteiger partial charge is 0.340 e. The lowest BCUT2D eigenvalue weighted by Gasteiger charge is -2.11. The largest absolute Gasteiger partial charge is 0.454 e. The second-order valence-corrected chi connectivity index (χ2v) is 7.92. The number of aromatic nitrogens is 4. The van der Waals surface area contributed by atoms with Crippen molar-refractivity contribution in [3.8, 4) is 0 Å². The van der Waals surface area contributed by atoms with Crippen molar-refractivity contribution in [2.75, 3.05) is 6.61 Å². The van der Waals surface area contributed by atoms with Crippen LogP contribution in [-0.2, 0) is 18.3 Å². The van der Waals surface area contributed by atoms with Gasteiger partial charge in [0.15, 0.2) is 12.3 Å². The van der Waals surface area contributed by atoms with E-state index in [-0.39, 0.29) is 12.4 Å². The molecule has 0 aliphatic heterocycles. The van der Waals surface area contributed by atoms with E-state index in [0.717, 1.165) is 35.4 Å². The van der Waals surface area contributed by atoms with Crippen molar-refractivity contribution in [2.24, 2.45) is 13.0 Å². The summed E-state index contributed by atoms with van der Waals surface area (Å²) in [5, 5.41) is 5.09. The number of hydrogen-bond donors (Lipinski definition) is 0. The molecular formula is C22H28N4O3. The SMILES string of the molecule is Cc1nn(C)c2ncc(C(=O)OCC(=O)c3cc(C)n(CCC(C)C)c3C)cc12. The van der Waals surface area contributed by atoms with Crippen LogP contribution >= 0.6 is 0 Å². The molecule has 7 heteroatoms. The van der Waals surface area contributed by atoms with E-state index in [2.05, 4.69) is 28.5 Å². The lowest BCUT2D eigenvalue weighted by atomic mass is 10.1. The molecule has 3 rings (SSSR count). The molecule has 0 saturated heterocycles. The Morgan fingerprint density at radius 3 is 2.59 bits per heavy atom. The number of Topliss-reactive ketones (excluding diaryl/α,β-unsaturated/α-hetero) is 1. The van der Waals surface area contributed by atoms with Crippen LogP contribution in [0.2, 0.25) is 0 Å². The number of ether oxygens (including phenoxy) is 1. The van der Waals surface area contributed by atoms with Gasteiger partial charge in [0, 0.05) is 42.1 Å². The zero-order valence-corrected chi connectivity index (χ0v) is 17.9. The van der Waals surface area contributed by atoms with Crippen molar-refractivity contribution in [3.05, 3.63) is 46.5 Å². The summed E-state index contributed by atoms with van der Waals surface area (Å²) >= 11 is 0. The highest BCUT2D eigenvalue weighted by atomic mass is 16.5. The number of aryl methyl sites for hydroxylation is 3. The van der Waals surface area contributed by atoms with E-state index in [1.165, 1.54) is 6.20 Å². The van der Waals surface area contributed by atoms with Crippen LogP contribution < -0.4 is 0 Å². The summed E-state index contributed by atoms with van der Waals surface area (Å²) in [4.78, 5) is 29.4. The number of esters is 1. The predicted octanol–water partition coefficient (Wildman–Crippen LogP) is 3.78. The van der Waals surface area contributed by atoms with E-state index in [9.17, 15) is 9.59 Å². The Morgan fingerprint density at radius 2 is 1.90 bits per heavy atom. The number of rotatable bonds is 7. The number of hydrogen-bond acceptors (Lipinski definition) is 5. The zero-order valence-electron chi connectivity index (χ0n) is 17.9. The van der Waals surface area contributed by atoms with Gasteiger partial charge in [-0.15, -0.1) is 0 Å². The predicted molar refractivity (Wildman–Crippen MR) is 111 cm³/mol. The van der Waals surface area contributed by atoms with Crippen molar-refractivity contribution in [3.63, 3.8) is 0 Å². The molecule has 0 amide bonds. The minimum absolute atomic E-state index is 0.200. The number of carbonyl (C=O) groups excluding carboxylic acids is 2. The molecule has 7 nitrogen and oxygen atoms in total. The summed E-state index contributed by atoms with van der Waals surface area (Å²) in [7, 11) is 1.80. The lowest BCUT2D eigenvalue weighted by Crippen LogP contribution is -2.15. The highest BCUT2D eigenvalue weighted by Gasteiger charge is 2.19. The molecule has 3 heterocycles. The van der Waals surface area contributed by atoms with E-state index in [0.29, 0.717) is 22.7 Å². The Hall–Kier alpha value is -2.96. The molecular weight excluding hydrogens is 368 g/mol. The van der Waals surface area contributed by atoms with E-state index in [4.69, 9.17) is 4.74 Å². The minimum Gasteiger partial charge on any atom is -0.454 e. The van der Waals surface area contributed by atoms with Crippen LogP contribution in [0.1, 0.15) is 58.1 Å². The van der Waals surface area contributed by atoms with Gasteiger partial charge in [0.2, 0.25) is 5.78 Å². The zero-order chi connectivity index (χ0) is 21.3. The molecule has 0 unspecified atom stereocenters. The molecule has 0 aliphatic carbocycles. The number of carbonyl (C=O) groups is 2. The highest BCUT2D eigenvalue weighted by Crippen LogP contribution is 2.19. The molecule has 29 heavy (non-hydrogen) atoms. The van der Waals surface area contributed by atoms with Gasteiger partial charge in [-0.3, -0.25) is 9.48 Å². The van der Waals surface area contributed by atoms with Crippen LogP contribution in [0.3, 0.4) is 0 Å². The minimum atomic E-state index is -0.565. The van der Waals surface area contributed by atoms with Gasteiger partial charge < -0.3 is 9.30 Å². The number of pyridine rings is 1. The summed E-state index contributed by atoms with van der Waals surface area (Å²) < 4.78 is 9.09. The molecule has 0 aromatic carbocycles. The fourth-order valence-electron chi connectivity index (χ4n) is 3.53. The summed E-state index contributed by atoms with van der Waals surface area (Å²) in [6.07, 6.45) is 2.50. The van der Waals surface area contributed by atoms with E-state index in [1.807, 2.05) is 26.8 Å². The van der Waals surface area contributed by atoms with E-state index in [1.54, 1.807) is 17.8 Å². The maximum atomic E-state index is 12.7. The third-order valence-corrected chi connectivity index (χ3v) is 5.24. The van der Waals surface area contributed by atoms with Crippen molar-refractivity contribution in [2.45, 2.75) is 47.6 Å². The molecule has 0 fully saturated rings. The van der Waals surface area contributed by atoms with Crippen LogP contribution in [0, 0.1) is 26.7 Å². The first-order chi connectivity index (χ1) is 13.7. The van der Waals surface area contributed by atoms with Crippen molar-refractivity contribution in [1.29, 1.82) is 0 Å². The first kappa shape index (κ1) is 20.8. The van der Waals surface area contributed by atoms with Crippen molar-refractivity contribution < 1.29 is 14.3 Å². The molecule has 0 bridgehead atoms. The standard InChI is InChI=1S/C22H28N4O3/c1-13(2)7-8-26-14(3)9-19(16(26)5)20(27)12-29-22(28)17-10-18-15(4)24-25(6)21(18)23-11-17/h9-11,13H,7-8,12H2,1-6H3. The lowest BCUT2D eigenvalue weighted by molar-refractivity contribution is 0.0474. The fourth-order valence-corrected chi connectivity index (χ4v) is 3.53. The second kappa shape index (κ2) is 8.19. The number of ketones is 1.